The van der Waals surface area contributed by atoms with Gasteiger partial charge in [-0.2, -0.15) is 0 Å². The maximum atomic E-state index is 5.74. The minimum absolute atomic E-state index is 0.628. The van der Waals surface area contributed by atoms with Gasteiger partial charge in [-0.15, -0.1) is 0 Å². The smallest absolute Gasteiger partial charge is 0.119 e. The average molecular weight is 205 g/mol. The van der Waals surface area contributed by atoms with E-state index in [4.69, 9.17) is 9.47 Å². The van der Waals surface area contributed by atoms with Crippen LogP contribution in [0.5, 0.6) is 5.75 Å². The highest BCUT2D eigenvalue weighted by molar-refractivity contribution is 5.20. The van der Waals surface area contributed by atoms with E-state index >= 15 is 0 Å². The van der Waals surface area contributed by atoms with Gasteiger partial charge in [0.25, 0.3) is 0 Å². The van der Waals surface area contributed by atoms with Gasteiger partial charge in [0, 0.05) is 5.92 Å². The van der Waals surface area contributed by atoms with Crippen molar-refractivity contribution in [2.75, 3.05) is 19.8 Å². The molecule has 1 atom stereocenters. The monoisotopic (exact) mass is 205 g/mol. The summed E-state index contributed by atoms with van der Waals surface area (Å²) in [6.45, 7) is 4.83. The Bertz CT molecular complexity index is 280. The van der Waals surface area contributed by atoms with Crippen molar-refractivity contribution in [1.82, 2.24) is 0 Å². The van der Waals surface area contributed by atoms with Crippen LogP contribution in [0.4, 0.5) is 0 Å². The van der Waals surface area contributed by atoms with Crippen LogP contribution in [0, 0.1) is 17.9 Å². The molecule has 1 aromatic carbocycles. The third-order valence-corrected chi connectivity index (χ3v) is 3.01. The van der Waals surface area contributed by atoms with Crippen LogP contribution in [-0.2, 0) is 4.74 Å². The van der Waals surface area contributed by atoms with E-state index in [0.29, 0.717) is 11.8 Å². The number of rotatable bonds is 5. The van der Waals surface area contributed by atoms with Gasteiger partial charge in [-0.25, -0.2) is 0 Å². The Morgan fingerprint density at radius 3 is 2.73 bits per heavy atom. The lowest BCUT2D eigenvalue weighted by molar-refractivity contribution is -0.0694. The Hall–Kier alpha value is -1.02. The van der Waals surface area contributed by atoms with Gasteiger partial charge >= 0.3 is 0 Å². The molecule has 0 N–H and O–H groups in total. The molecular formula is C13H17O2. The Morgan fingerprint density at radius 2 is 2.20 bits per heavy atom. The van der Waals surface area contributed by atoms with Crippen molar-refractivity contribution >= 4 is 0 Å². The number of ether oxygens (including phenoxy) is 2. The first kappa shape index (κ1) is 10.5. The molecule has 81 valence electrons. The molecule has 0 spiro atoms. The lowest BCUT2D eigenvalue weighted by Crippen LogP contribution is -2.36. The molecule has 1 aliphatic heterocycles. The molecular weight excluding hydrogens is 188 g/mol. The van der Waals surface area contributed by atoms with E-state index in [1.807, 2.05) is 24.3 Å². The predicted molar refractivity (Wildman–Crippen MR) is 58.9 cm³/mol. The standard InChI is InChI=1S/C13H17O2/c1-2-11(12-8-14-9-12)10-15-13-6-4-3-5-7-13/h4-7,11-12H,2,8-10H2,1H3. The lowest BCUT2D eigenvalue weighted by atomic mass is 9.89. The SMILES string of the molecule is CCC(COc1cc[c]cc1)C1COC1. The van der Waals surface area contributed by atoms with Gasteiger partial charge in [-0.05, 0) is 30.5 Å². The molecule has 0 saturated carbocycles. The van der Waals surface area contributed by atoms with E-state index in [1.54, 1.807) is 0 Å². The van der Waals surface area contributed by atoms with Gasteiger partial charge in [0.05, 0.1) is 19.8 Å². The van der Waals surface area contributed by atoms with Crippen molar-refractivity contribution in [3.05, 3.63) is 30.3 Å². The normalized spacial score (nSPS) is 18.2. The second-order valence-electron chi connectivity index (χ2n) is 4.01. The molecule has 15 heavy (non-hydrogen) atoms. The molecule has 0 aromatic heterocycles. The second kappa shape index (κ2) is 5.17. The zero-order valence-electron chi connectivity index (χ0n) is 9.11. The highest BCUT2D eigenvalue weighted by Crippen LogP contribution is 2.24. The molecule has 0 bridgehead atoms. The molecule has 2 heteroatoms. The van der Waals surface area contributed by atoms with Crippen LogP contribution < -0.4 is 4.74 Å². The van der Waals surface area contributed by atoms with Crippen LogP contribution in [0.2, 0.25) is 0 Å². The van der Waals surface area contributed by atoms with Crippen molar-refractivity contribution in [2.45, 2.75) is 13.3 Å². The summed E-state index contributed by atoms with van der Waals surface area (Å²) >= 11 is 0. The largest absolute Gasteiger partial charge is 0.493 e. The van der Waals surface area contributed by atoms with Gasteiger partial charge in [0.2, 0.25) is 0 Å². The Kier molecular flexibility index (Phi) is 3.62. The molecule has 1 heterocycles. The number of benzene rings is 1. The van der Waals surface area contributed by atoms with Gasteiger partial charge < -0.3 is 9.47 Å². The average Bonchev–Trinajstić information content (AvgIpc) is 2.23. The number of hydrogen-bond donors (Lipinski definition) is 0. The molecule has 1 saturated heterocycles. The van der Waals surface area contributed by atoms with Crippen molar-refractivity contribution in [1.29, 1.82) is 0 Å². The highest BCUT2D eigenvalue weighted by Gasteiger charge is 2.27. The Balaban J connectivity index is 1.80. The fourth-order valence-electron chi connectivity index (χ4n) is 1.78. The summed E-state index contributed by atoms with van der Waals surface area (Å²) in [4.78, 5) is 0. The molecule has 1 fully saturated rings. The molecule has 2 rings (SSSR count). The zero-order valence-corrected chi connectivity index (χ0v) is 9.11. The van der Waals surface area contributed by atoms with Crippen LogP contribution >= 0.6 is 0 Å². The molecule has 0 aliphatic carbocycles. The zero-order chi connectivity index (χ0) is 10.5. The van der Waals surface area contributed by atoms with Gasteiger partial charge in [0.1, 0.15) is 5.75 Å². The maximum Gasteiger partial charge on any atom is 0.119 e. The third-order valence-electron chi connectivity index (χ3n) is 3.01. The van der Waals surface area contributed by atoms with Crippen molar-refractivity contribution in [3.8, 4) is 5.75 Å². The van der Waals surface area contributed by atoms with Crippen LogP contribution in [0.3, 0.4) is 0 Å². The van der Waals surface area contributed by atoms with Crippen LogP contribution in [0.15, 0.2) is 24.3 Å². The minimum Gasteiger partial charge on any atom is -0.493 e. The Labute approximate surface area is 91.2 Å². The number of hydrogen-bond acceptors (Lipinski definition) is 2. The molecule has 0 amide bonds. The molecule has 1 aromatic rings. The summed E-state index contributed by atoms with van der Waals surface area (Å²) in [6.07, 6.45) is 1.16. The lowest BCUT2D eigenvalue weighted by Gasteiger charge is -2.33. The first-order valence-electron chi connectivity index (χ1n) is 5.56. The summed E-state index contributed by atoms with van der Waals surface area (Å²) in [6, 6.07) is 10.6. The van der Waals surface area contributed by atoms with Crippen LogP contribution in [0.25, 0.3) is 0 Å². The van der Waals surface area contributed by atoms with Gasteiger partial charge in [-0.1, -0.05) is 19.1 Å². The topological polar surface area (TPSA) is 18.5 Å². The fourth-order valence-corrected chi connectivity index (χ4v) is 1.78. The fraction of sp³-hybridized carbons (Fsp3) is 0.538. The van der Waals surface area contributed by atoms with E-state index in [1.165, 1.54) is 0 Å². The summed E-state index contributed by atoms with van der Waals surface area (Å²) in [5, 5.41) is 0. The van der Waals surface area contributed by atoms with E-state index in [0.717, 1.165) is 32.0 Å². The van der Waals surface area contributed by atoms with Crippen molar-refractivity contribution < 1.29 is 9.47 Å². The highest BCUT2D eigenvalue weighted by atomic mass is 16.5. The van der Waals surface area contributed by atoms with Gasteiger partial charge in [-0.3, -0.25) is 0 Å². The van der Waals surface area contributed by atoms with Gasteiger partial charge in [0.15, 0.2) is 0 Å². The molecule has 1 radical (unpaired) electrons. The quantitative estimate of drug-likeness (QED) is 0.735. The maximum absolute atomic E-state index is 5.74. The summed E-state index contributed by atoms with van der Waals surface area (Å²) in [5.41, 5.74) is 0. The first-order valence-corrected chi connectivity index (χ1v) is 5.56. The molecule has 2 nitrogen and oxygen atoms in total. The van der Waals surface area contributed by atoms with E-state index in [2.05, 4.69) is 13.0 Å². The van der Waals surface area contributed by atoms with Crippen molar-refractivity contribution in [3.63, 3.8) is 0 Å². The van der Waals surface area contributed by atoms with E-state index in [9.17, 15) is 0 Å². The summed E-state index contributed by atoms with van der Waals surface area (Å²) in [7, 11) is 0. The summed E-state index contributed by atoms with van der Waals surface area (Å²) in [5.74, 6) is 2.26. The van der Waals surface area contributed by atoms with E-state index in [-0.39, 0.29) is 0 Å². The first-order chi connectivity index (χ1) is 7.40. The minimum atomic E-state index is 0.628. The predicted octanol–water partition coefficient (Wildman–Crippen LogP) is 2.54. The van der Waals surface area contributed by atoms with Crippen LogP contribution in [0.1, 0.15) is 13.3 Å². The third kappa shape index (κ3) is 2.72. The van der Waals surface area contributed by atoms with Crippen molar-refractivity contribution in [2.24, 2.45) is 11.8 Å². The molecule has 1 unspecified atom stereocenters. The summed E-state index contributed by atoms with van der Waals surface area (Å²) < 4.78 is 10.9. The van der Waals surface area contributed by atoms with Crippen LogP contribution in [-0.4, -0.2) is 19.8 Å². The van der Waals surface area contributed by atoms with E-state index < -0.39 is 0 Å². The molecule has 1 aliphatic rings. The Morgan fingerprint density at radius 1 is 1.47 bits per heavy atom. The second-order valence-corrected chi connectivity index (χ2v) is 4.01.